The van der Waals surface area contributed by atoms with Crippen LogP contribution in [0.1, 0.15) is 22.8 Å². The number of carbonyl (C=O) groups is 1. The van der Waals surface area contributed by atoms with Gasteiger partial charge in [0.05, 0.1) is 17.5 Å². The molecule has 0 saturated carbocycles. The Balaban J connectivity index is 1.95. The van der Waals surface area contributed by atoms with E-state index in [-0.39, 0.29) is 5.56 Å². The molecule has 0 atom stereocenters. The molecule has 0 aliphatic carbocycles. The van der Waals surface area contributed by atoms with Crippen molar-refractivity contribution in [2.45, 2.75) is 6.92 Å². The zero-order valence-electron chi connectivity index (χ0n) is 11.7. The Morgan fingerprint density at radius 1 is 1.10 bits per heavy atom. The second-order valence-corrected chi connectivity index (χ2v) is 4.55. The Labute approximate surface area is 123 Å². The van der Waals surface area contributed by atoms with Crippen molar-refractivity contribution in [2.24, 2.45) is 5.10 Å². The van der Waals surface area contributed by atoms with E-state index >= 15 is 0 Å². The van der Waals surface area contributed by atoms with Crippen LogP contribution < -0.4 is 5.43 Å². The summed E-state index contributed by atoms with van der Waals surface area (Å²) in [4.78, 5) is 10.7. The Bertz CT molecular complexity index is 659. The van der Waals surface area contributed by atoms with Crippen LogP contribution in [-0.2, 0) is 0 Å². The van der Waals surface area contributed by atoms with Crippen LogP contribution in [0.2, 0.25) is 0 Å². The number of carboxylic acid groups (broad SMARTS) is 1. The number of hydrazone groups is 1. The Kier molecular flexibility index (Phi) is 4.88. The second kappa shape index (κ2) is 7.05. The summed E-state index contributed by atoms with van der Waals surface area (Å²) in [6.45, 7) is 1.96. The van der Waals surface area contributed by atoms with Gasteiger partial charge in [-0.25, -0.2) is 4.79 Å². The summed E-state index contributed by atoms with van der Waals surface area (Å²) >= 11 is 0. The highest BCUT2D eigenvalue weighted by Gasteiger charge is 2.00. The lowest BCUT2D eigenvalue weighted by molar-refractivity contribution is 0.0697. The van der Waals surface area contributed by atoms with E-state index in [4.69, 9.17) is 5.11 Å². The summed E-state index contributed by atoms with van der Waals surface area (Å²) < 4.78 is 0. The van der Waals surface area contributed by atoms with Crippen LogP contribution in [0.4, 0.5) is 5.69 Å². The van der Waals surface area contributed by atoms with E-state index in [1.807, 2.05) is 43.3 Å². The number of nitrogens with one attached hydrogen (secondary N) is 1. The normalized spacial score (nSPS) is 11.6. The molecular formula is C17H16N2O2. The number of aromatic carboxylic acids is 1. The summed E-state index contributed by atoms with van der Waals surface area (Å²) in [7, 11) is 0. The van der Waals surface area contributed by atoms with Gasteiger partial charge >= 0.3 is 5.97 Å². The van der Waals surface area contributed by atoms with Gasteiger partial charge < -0.3 is 5.11 Å². The quantitative estimate of drug-likeness (QED) is 0.645. The van der Waals surface area contributed by atoms with Crippen molar-refractivity contribution >= 4 is 23.9 Å². The van der Waals surface area contributed by atoms with Gasteiger partial charge in [-0.05, 0) is 42.3 Å². The lowest BCUT2D eigenvalue weighted by Crippen LogP contribution is -1.96. The summed E-state index contributed by atoms with van der Waals surface area (Å²) in [5, 5.41) is 12.9. The minimum atomic E-state index is -0.938. The van der Waals surface area contributed by atoms with Crippen molar-refractivity contribution in [3.63, 3.8) is 0 Å². The second-order valence-electron chi connectivity index (χ2n) is 4.55. The number of hydrogen-bond donors (Lipinski definition) is 2. The van der Waals surface area contributed by atoms with E-state index in [1.165, 1.54) is 12.1 Å². The van der Waals surface area contributed by atoms with Crippen molar-refractivity contribution in [3.05, 3.63) is 71.3 Å². The highest BCUT2D eigenvalue weighted by molar-refractivity contribution is 5.88. The maximum Gasteiger partial charge on any atom is 0.335 e. The molecule has 0 heterocycles. The standard InChI is InChI=1S/C17H16N2O2/c1-13(11-14-5-3-2-4-6-14)12-18-19-16-9-7-15(8-10-16)17(20)21/h2-12,19H,1H3,(H,20,21). The molecule has 4 nitrogen and oxygen atoms in total. The highest BCUT2D eigenvalue weighted by atomic mass is 16.4. The SMILES string of the molecule is CC(C=NNc1ccc(C(=O)O)cc1)=Cc1ccccc1. The van der Waals surface area contributed by atoms with Crippen LogP contribution in [0.5, 0.6) is 0 Å². The molecule has 0 bridgehead atoms. The first kappa shape index (κ1) is 14.5. The molecule has 2 rings (SSSR count). The van der Waals surface area contributed by atoms with E-state index in [0.29, 0.717) is 0 Å². The first-order chi connectivity index (χ1) is 10.1. The molecule has 0 fully saturated rings. The lowest BCUT2D eigenvalue weighted by Gasteiger charge is -2.00. The maximum atomic E-state index is 10.7. The molecule has 2 aromatic carbocycles. The average Bonchev–Trinajstić information content (AvgIpc) is 2.49. The van der Waals surface area contributed by atoms with E-state index in [9.17, 15) is 4.79 Å². The summed E-state index contributed by atoms with van der Waals surface area (Å²) in [6, 6.07) is 16.4. The summed E-state index contributed by atoms with van der Waals surface area (Å²) in [5.41, 5.74) is 5.98. The van der Waals surface area contributed by atoms with Crippen molar-refractivity contribution in [1.82, 2.24) is 0 Å². The van der Waals surface area contributed by atoms with Gasteiger partial charge in [-0.1, -0.05) is 36.4 Å². The van der Waals surface area contributed by atoms with Crippen LogP contribution in [0.3, 0.4) is 0 Å². The van der Waals surface area contributed by atoms with Gasteiger partial charge in [0.2, 0.25) is 0 Å². The molecule has 106 valence electrons. The van der Waals surface area contributed by atoms with Crippen LogP contribution in [-0.4, -0.2) is 17.3 Å². The molecule has 2 aromatic rings. The van der Waals surface area contributed by atoms with Gasteiger partial charge in [0.15, 0.2) is 0 Å². The molecule has 0 unspecified atom stereocenters. The lowest BCUT2D eigenvalue weighted by atomic mass is 10.1. The van der Waals surface area contributed by atoms with Gasteiger partial charge in [-0.2, -0.15) is 5.10 Å². The van der Waals surface area contributed by atoms with Gasteiger partial charge in [-0.15, -0.1) is 0 Å². The smallest absolute Gasteiger partial charge is 0.335 e. The van der Waals surface area contributed by atoms with Crippen LogP contribution >= 0.6 is 0 Å². The summed E-state index contributed by atoms with van der Waals surface area (Å²) in [6.07, 6.45) is 3.75. The fourth-order valence-corrected chi connectivity index (χ4v) is 1.75. The number of nitrogens with zero attached hydrogens (tertiary/aromatic N) is 1. The van der Waals surface area contributed by atoms with E-state index < -0.39 is 5.97 Å². The minimum Gasteiger partial charge on any atom is -0.478 e. The zero-order chi connectivity index (χ0) is 15.1. The topological polar surface area (TPSA) is 61.7 Å². The molecular weight excluding hydrogens is 264 g/mol. The van der Waals surface area contributed by atoms with Crippen molar-refractivity contribution in [3.8, 4) is 0 Å². The molecule has 0 aliphatic heterocycles. The number of allylic oxidation sites excluding steroid dienone is 1. The molecule has 2 N–H and O–H groups in total. The number of hydrogen-bond acceptors (Lipinski definition) is 3. The largest absolute Gasteiger partial charge is 0.478 e. The molecule has 0 spiro atoms. The van der Waals surface area contributed by atoms with Crippen molar-refractivity contribution < 1.29 is 9.90 Å². The molecule has 0 aromatic heterocycles. The molecule has 0 radical (unpaired) electrons. The molecule has 0 aliphatic rings. The number of rotatable bonds is 5. The zero-order valence-corrected chi connectivity index (χ0v) is 11.7. The first-order valence-electron chi connectivity index (χ1n) is 6.51. The maximum absolute atomic E-state index is 10.7. The van der Waals surface area contributed by atoms with E-state index in [1.54, 1.807) is 18.3 Å². The highest BCUT2D eigenvalue weighted by Crippen LogP contribution is 2.09. The number of benzene rings is 2. The third-order valence-electron chi connectivity index (χ3n) is 2.79. The van der Waals surface area contributed by atoms with Gasteiger partial charge in [0.1, 0.15) is 0 Å². The van der Waals surface area contributed by atoms with Crippen molar-refractivity contribution in [2.75, 3.05) is 5.43 Å². The third kappa shape index (κ3) is 4.62. The Hall–Kier alpha value is -2.88. The Morgan fingerprint density at radius 3 is 2.38 bits per heavy atom. The molecule has 21 heavy (non-hydrogen) atoms. The fraction of sp³-hybridized carbons (Fsp3) is 0.0588. The van der Waals surface area contributed by atoms with E-state index in [2.05, 4.69) is 10.5 Å². The van der Waals surface area contributed by atoms with E-state index in [0.717, 1.165) is 16.8 Å². The first-order valence-corrected chi connectivity index (χ1v) is 6.51. The van der Waals surface area contributed by atoms with Gasteiger partial charge in [0, 0.05) is 0 Å². The van der Waals surface area contributed by atoms with Crippen LogP contribution in [0.15, 0.2) is 65.3 Å². The van der Waals surface area contributed by atoms with Crippen LogP contribution in [0.25, 0.3) is 6.08 Å². The predicted octanol–water partition coefficient (Wildman–Crippen LogP) is 3.89. The van der Waals surface area contributed by atoms with Crippen LogP contribution in [0, 0.1) is 0 Å². The number of carboxylic acids is 1. The molecule has 0 saturated heterocycles. The minimum absolute atomic E-state index is 0.254. The van der Waals surface area contributed by atoms with Gasteiger partial charge in [-0.3, -0.25) is 5.43 Å². The molecule has 4 heteroatoms. The number of anilines is 1. The third-order valence-corrected chi connectivity index (χ3v) is 2.79. The Morgan fingerprint density at radius 2 is 1.76 bits per heavy atom. The molecule has 0 amide bonds. The monoisotopic (exact) mass is 280 g/mol. The predicted molar refractivity (Wildman–Crippen MR) is 85.6 cm³/mol. The average molecular weight is 280 g/mol. The van der Waals surface area contributed by atoms with Crippen molar-refractivity contribution in [1.29, 1.82) is 0 Å². The summed E-state index contributed by atoms with van der Waals surface area (Å²) in [5.74, 6) is -0.938. The van der Waals surface area contributed by atoms with Gasteiger partial charge in [0.25, 0.3) is 0 Å². The fourth-order valence-electron chi connectivity index (χ4n) is 1.75.